The molecule has 1 aliphatic carbocycles. The summed E-state index contributed by atoms with van der Waals surface area (Å²) in [6.07, 6.45) is 2.41. The summed E-state index contributed by atoms with van der Waals surface area (Å²) in [6, 6.07) is 7.17. The lowest BCUT2D eigenvalue weighted by Gasteiger charge is -2.38. The van der Waals surface area contributed by atoms with Crippen LogP contribution in [0.2, 0.25) is 5.02 Å². The van der Waals surface area contributed by atoms with Crippen LogP contribution in [-0.2, 0) is 28.5 Å². The van der Waals surface area contributed by atoms with Gasteiger partial charge in [-0.2, -0.15) is 0 Å². The normalized spacial score (nSPS) is 24.9. The van der Waals surface area contributed by atoms with E-state index < -0.39 is 12.1 Å². The van der Waals surface area contributed by atoms with E-state index in [2.05, 4.69) is 0 Å². The van der Waals surface area contributed by atoms with E-state index in [0.717, 1.165) is 5.56 Å². The number of halogens is 1. The molecule has 3 rings (SSSR count). The van der Waals surface area contributed by atoms with Crippen LogP contribution in [0.25, 0.3) is 5.57 Å². The quantitative estimate of drug-likeness (QED) is 0.468. The SMILES string of the molecule is CCOCCOC(=O)C(C)OC1CCC2C(=O)C(c3ccc(Cl)cc3)=COC2C1. The van der Waals surface area contributed by atoms with Gasteiger partial charge in [0.05, 0.1) is 30.5 Å². The number of carbonyl (C=O) groups is 2. The first-order valence-corrected chi connectivity index (χ1v) is 10.4. The van der Waals surface area contributed by atoms with Crippen molar-refractivity contribution in [3.63, 3.8) is 0 Å². The number of rotatable bonds is 8. The fourth-order valence-corrected chi connectivity index (χ4v) is 3.85. The van der Waals surface area contributed by atoms with Crippen molar-refractivity contribution in [1.29, 1.82) is 0 Å². The van der Waals surface area contributed by atoms with Crippen molar-refractivity contribution in [2.24, 2.45) is 5.92 Å². The van der Waals surface area contributed by atoms with Crippen LogP contribution in [0.15, 0.2) is 30.5 Å². The maximum atomic E-state index is 12.9. The van der Waals surface area contributed by atoms with Gasteiger partial charge in [0.1, 0.15) is 12.7 Å². The van der Waals surface area contributed by atoms with Crippen LogP contribution in [0.1, 0.15) is 38.7 Å². The highest BCUT2D eigenvalue weighted by Crippen LogP contribution is 2.37. The van der Waals surface area contributed by atoms with Gasteiger partial charge in [-0.05, 0) is 44.4 Å². The van der Waals surface area contributed by atoms with Gasteiger partial charge in [0.25, 0.3) is 0 Å². The second-order valence-electron chi connectivity index (χ2n) is 7.26. The summed E-state index contributed by atoms with van der Waals surface area (Å²) >= 11 is 5.93. The van der Waals surface area contributed by atoms with Crippen molar-refractivity contribution in [1.82, 2.24) is 0 Å². The van der Waals surface area contributed by atoms with Crippen molar-refractivity contribution in [2.75, 3.05) is 19.8 Å². The molecule has 158 valence electrons. The number of esters is 1. The summed E-state index contributed by atoms with van der Waals surface area (Å²) in [6.45, 7) is 4.74. The molecule has 0 N–H and O–H groups in total. The Balaban J connectivity index is 1.53. The molecule has 0 saturated heterocycles. The second kappa shape index (κ2) is 10.2. The average molecular weight is 423 g/mol. The van der Waals surface area contributed by atoms with Crippen LogP contribution in [-0.4, -0.2) is 49.9 Å². The van der Waals surface area contributed by atoms with Crippen molar-refractivity contribution in [2.45, 2.75) is 51.4 Å². The van der Waals surface area contributed by atoms with Crippen LogP contribution in [0.4, 0.5) is 0 Å². The Morgan fingerprint density at radius 2 is 2.00 bits per heavy atom. The highest BCUT2D eigenvalue weighted by Gasteiger charge is 2.41. The maximum Gasteiger partial charge on any atom is 0.335 e. The topological polar surface area (TPSA) is 71.1 Å². The third kappa shape index (κ3) is 5.59. The highest BCUT2D eigenvalue weighted by atomic mass is 35.5. The Hall–Kier alpha value is -1.89. The minimum atomic E-state index is -0.669. The number of hydrogen-bond acceptors (Lipinski definition) is 6. The molecule has 6 nitrogen and oxygen atoms in total. The smallest absolute Gasteiger partial charge is 0.335 e. The Kier molecular flexibility index (Phi) is 7.70. The number of Topliss-reactive ketones (excluding diaryl/α,β-unsaturated/α-hetero) is 1. The van der Waals surface area contributed by atoms with E-state index in [1.165, 1.54) is 0 Å². The molecule has 1 saturated carbocycles. The van der Waals surface area contributed by atoms with E-state index in [-0.39, 0.29) is 30.5 Å². The standard InChI is InChI=1S/C22H27ClO6/c1-3-26-10-11-27-22(25)14(2)29-17-8-9-18-20(12-17)28-13-19(21(18)24)15-4-6-16(23)7-5-15/h4-7,13-14,17-18,20H,3,8-12H2,1-2H3. The van der Waals surface area contributed by atoms with Crippen LogP contribution in [0, 0.1) is 5.92 Å². The number of carbonyl (C=O) groups excluding carboxylic acids is 2. The number of allylic oxidation sites excluding steroid dienone is 1. The van der Waals surface area contributed by atoms with E-state index in [1.807, 2.05) is 19.1 Å². The van der Waals surface area contributed by atoms with E-state index in [4.69, 9.17) is 30.5 Å². The summed E-state index contributed by atoms with van der Waals surface area (Å²) in [5.74, 6) is -0.512. The lowest BCUT2D eigenvalue weighted by atomic mass is 9.78. The van der Waals surface area contributed by atoms with Crippen LogP contribution >= 0.6 is 11.6 Å². The number of fused-ring (bicyclic) bond motifs is 1. The zero-order valence-electron chi connectivity index (χ0n) is 16.8. The number of hydrogen-bond donors (Lipinski definition) is 0. The van der Waals surface area contributed by atoms with E-state index in [0.29, 0.717) is 43.1 Å². The van der Waals surface area contributed by atoms with Gasteiger partial charge >= 0.3 is 5.97 Å². The largest absolute Gasteiger partial charge is 0.496 e. The predicted octanol–water partition coefficient (Wildman–Crippen LogP) is 3.80. The highest BCUT2D eigenvalue weighted by molar-refractivity contribution is 6.30. The Morgan fingerprint density at radius 3 is 2.72 bits per heavy atom. The third-order valence-electron chi connectivity index (χ3n) is 5.27. The second-order valence-corrected chi connectivity index (χ2v) is 7.70. The molecule has 2 aliphatic rings. The van der Waals surface area contributed by atoms with Crippen molar-refractivity contribution in [3.8, 4) is 0 Å². The van der Waals surface area contributed by atoms with Crippen LogP contribution < -0.4 is 0 Å². The fraction of sp³-hybridized carbons (Fsp3) is 0.545. The Morgan fingerprint density at radius 1 is 1.24 bits per heavy atom. The molecule has 1 fully saturated rings. The molecule has 0 spiro atoms. The molecule has 1 heterocycles. The Bertz CT molecular complexity index is 744. The molecule has 7 heteroatoms. The lowest BCUT2D eigenvalue weighted by molar-refractivity contribution is -0.165. The molecular weight excluding hydrogens is 396 g/mol. The molecule has 1 aromatic rings. The minimum absolute atomic E-state index is 0.0883. The molecule has 0 amide bonds. The van der Waals surface area contributed by atoms with Crippen LogP contribution in [0.5, 0.6) is 0 Å². The van der Waals surface area contributed by atoms with Gasteiger partial charge in [-0.1, -0.05) is 23.7 Å². The Labute approximate surface area is 176 Å². The molecule has 29 heavy (non-hydrogen) atoms. The van der Waals surface area contributed by atoms with Gasteiger partial charge in [0.2, 0.25) is 0 Å². The maximum absolute atomic E-state index is 12.9. The zero-order valence-corrected chi connectivity index (χ0v) is 17.5. The van der Waals surface area contributed by atoms with Gasteiger partial charge in [0.15, 0.2) is 11.9 Å². The molecule has 1 aliphatic heterocycles. The molecule has 0 bridgehead atoms. The van der Waals surface area contributed by atoms with Gasteiger partial charge in [-0.15, -0.1) is 0 Å². The fourth-order valence-electron chi connectivity index (χ4n) is 3.73. The first-order chi connectivity index (χ1) is 14.0. The molecular formula is C22H27ClO6. The molecule has 4 unspecified atom stereocenters. The van der Waals surface area contributed by atoms with Gasteiger partial charge < -0.3 is 18.9 Å². The van der Waals surface area contributed by atoms with Crippen molar-refractivity contribution in [3.05, 3.63) is 41.1 Å². The molecule has 1 aromatic carbocycles. The molecule has 4 atom stereocenters. The zero-order chi connectivity index (χ0) is 20.8. The lowest BCUT2D eigenvalue weighted by Crippen LogP contribution is -2.43. The summed E-state index contributed by atoms with van der Waals surface area (Å²) in [5.41, 5.74) is 1.38. The average Bonchev–Trinajstić information content (AvgIpc) is 2.72. The predicted molar refractivity (Wildman–Crippen MR) is 108 cm³/mol. The molecule has 0 aromatic heterocycles. The number of benzene rings is 1. The van der Waals surface area contributed by atoms with Gasteiger partial charge in [-0.25, -0.2) is 4.79 Å². The summed E-state index contributed by atoms with van der Waals surface area (Å²) in [5, 5.41) is 0.625. The van der Waals surface area contributed by atoms with E-state index in [1.54, 1.807) is 25.3 Å². The minimum Gasteiger partial charge on any atom is -0.496 e. The third-order valence-corrected chi connectivity index (χ3v) is 5.52. The van der Waals surface area contributed by atoms with Crippen molar-refractivity contribution >= 4 is 28.9 Å². The monoisotopic (exact) mass is 422 g/mol. The van der Waals surface area contributed by atoms with E-state index >= 15 is 0 Å². The van der Waals surface area contributed by atoms with Gasteiger partial charge in [-0.3, -0.25) is 4.79 Å². The molecule has 0 radical (unpaired) electrons. The summed E-state index contributed by atoms with van der Waals surface area (Å²) in [4.78, 5) is 25.0. The van der Waals surface area contributed by atoms with E-state index in [9.17, 15) is 9.59 Å². The summed E-state index contributed by atoms with van der Waals surface area (Å²) in [7, 11) is 0. The number of ether oxygens (including phenoxy) is 4. The van der Waals surface area contributed by atoms with Crippen LogP contribution in [0.3, 0.4) is 0 Å². The number of ketones is 1. The van der Waals surface area contributed by atoms with Gasteiger partial charge in [0, 0.05) is 18.1 Å². The summed E-state index contributed by atoms with van der Waals surface area (Å²) < 4.78 is 22.1. The first kappa shape index (κ1) is 21.8. The van der Waals surface area contributed by atoms with Crippen molar-refractivity contribution < 1.29 is 28.5 Å². The first-order valence-electron chi connectivity index (χ1n) is 10.0.